The van der Waals surface area contributed by atoms with Gasteiger partial charge < -0.3 is 19.5 Å². The lowest BCUT2D eigenvalue weighted by Gasteiger charge is -2.08. The van der Waals surface area contributed by atoms with Crippen LogP contribution in [0.5, 0.6) is 0 Å². The number of oxazole rings is 1. The third-order valence-electron chi connectivity index (χ3n) is 6.89. The normalized spacial score (nSPS) is 13.7. The summed E-state index contributed by atoms with van der Waals surface area (Å²) >= 11 is 0. The number of nitrogens with one attached hydrogen (secondary N) is 2. The highest BCUT2D eigenvalue weighted by molar-refractivity contribution is 5.96. The van der Waals surface area contributed by atoms with Crippen molar-refractivity contribution in [1.29, 1.82) is 5.26 Å². The molecular formula is C30H30N4O4. The van der Waals surface area contributed by atoms with Crippen molar-refractivity contribution in [3.8, 4) is 28.5 Å². The van der Waals surface area contributed by atoms with E-state index in [1.54, 1.807) is 12.3 Å². The molecule has 8 nitrogen and oxygen atoms in total. The SMILES string of the molecule is N#CC1(NC(=O)CCCCCCCNC(=O)c2cc3ccc(-c4ccc(-c5cnco5)cc4)cc3o2)CC1. The summed E-state index contributed by atoms with van der Waals surface area (Å²) in [5, 5.41) is 15.7. The number of nitrogens with zero attached hydrogens (tertiary/aromatic N) is 2. The molecule has 1 aliphatic carbocycles. The molecule has 2 amide bonds. The first-order valence-corrected chi connectivity index (χ1v) is 13.1. The molecule has 2 aromatic carbocycles. The predicted molar refractivity (Wildman–Crippen MR) is 143 cm³/mol. The van der Waals surface area contributed by atoms with E-state index in [4.69, 9.17) is 14.1 Å². The minimum absolute atomic E-state index is 0.0324. The van der Waals surface area contributed by atoms with Crippen molar-refractivity contribution in [2.45, 2.75) is 56.9 Å². The van der Waals surface area contributed by atoms with Crippen LogP contribution in [0.25, 0.3) is 33.4 Å². The summed E-state index contributed by atoms with van der Waals surface area (Å²) in [6.07, 6.45) is 9.68. The first-order chi connectivity index (χ1) is 18.5. The van der Waals surface area contributed by atoms with Gasteiger partial charge in [-0.1, -0.05) is 55.7 Å². The molecule has 194 valence electrons. The highest BCUT2D eigenvalue weighted by atomic mass is 16.3. The Bertz CT molecular complexity index is 1440. The van der Waals surface area contributed by atoms with Crippen LogP contribution >= 0.6 is 0 Å². The van der Waals surface area contributed by atoms with Crippen molar-refractivity contribution in [2.24, 2.45) is 0 Å². The van der Waals surface area contributed by atoms with Crippen LogP contribution in [-0.4, -0.2) is 28.9 Å². The zero-order chi connectivity index (χ0) is 26.4. The molecule has 1 aliphatic rings. The minimum atomic E-state index is -0.580. The molecule has 38 heavy (non-hydrogen) atoms. The van der Waals surface area contributed by atoms with Gasteiger partial charge in [0.15, 0.2) is 17.9 Å². The Hall–Kier alpha value is -4.38. The maximum absolute atomic E-state index is 12.6. The number of hydrogen-bond donors (Lipinski definition) is 2. The Balaban J connectivity index is 1.04. The second-order valence-corrected chi connectivity index (χ2v) is 9.82. The predicted octanol–water partition coefficient (Wildman–Crippen LogP) is 6.00. The molecule has 1 saturated carbocycles. The fourth-order valence-electron chi connectivity index (χ4n) is 4.46. The maximum atomic E-state index is 12.6. The van der Waals surface area contributed by atoms with Gasteiger partial charge in [0.2, 0.25) is 5.91 Å². The number of aromatic nitrogens is 1. The van der Waals surface area contributed by atoms with Crippen LogP contribution < -0.4 is 10.6 Å². The summed E-state index contributed by atoms with van der Waals surface area (Å²) in [7, 11) is 0. The van der Waals surface area contributed by atoms with Gasteiger partial charge >= 0.3 is 0 Å². The molecule has 2 heterocycles. The number of nitriles is 1. The highest BCUT2D eigenvalue weighted by Crippen LogP contribution is 2.34. The van der Waals surface area contributed by atoms with Gasteiger partial charge in [0.05, 0.1) is 12.3 Å². The van der Waals surface area contributed by atoms with Crippen LogP contribution in [0.4, 0.5) is 0 Å². The van der Waals surface area contributed by atoms with E-state index in [0.717, 1.165) is 72.8 Å². The molecular weight excluding hydrogens is 480 g/mol. The standard InChI is InChI=1S/C30H30N4O4/c31-19-30(13-14-30)34-28(35)6-4-2-1-3-5-15-33-29(36)26-17-24-12-11-23(16-25(24)38-26)21-7-9-22(10-8-21)27-18-32-20-37-27/h7-12,16-18,20H,1-6,13-15H2,(H,33,36)(H,34,35). The molecule has 2 aromatic heterocycles. The topological polar surface area (TPSA) is 121 Å². The summed E-state index contributed by atoms with van der Waals surface area (Å²) in [4.78, 5) is 28.4. The fourth-order valence-corrected chi connectivity index (χ4v) is 4.46. The van der Waals surface area contributed by atoms with E-state index in [1.165, 1.54) is 6.39 Å². The van der Waals surface area contributed by atoms with Crippen molar-refractivity contribution < 1.29 is 18.4 Å². The van der Waals surface area contributed by atoms with E-state index < -0.39 is 5.54 Å². The van der Waals surface area contributed by atoms with Gasteiger partial charge in [-0.05, 0) is 48.9 Å². The van der Waals surface area contributed by atoms with Crippen molar-refractivity contribution >= 4 is 22.8 Å². The van der Waals surface area contributed by atoms with Gasteiger partial charge in [-0.25, -0.2) is 4.98 Å². The van der Waals surface area contributed by atoms with Crippen LogP contribution in [0.1, 0.15) is 61.9 Å². The number of benzene rings is 2. The van der Waals surface area contributed by atoms with Crippen molar-refractivity contribution in [3.63, 3.8) is 0 Å². The number of rotatable bonds is 12. The Morgan fingerprint density at radius 1 is 0.947 bits per heavy atom. The first-order valence-electron chi connectivity index (χ1n) is 13.1. The lowest BCUT2D eigenvalue weighted by atomic mass is 10.0. The van der Waals surface area contributed by atoms with Crippen LogP contribution in [0.2, 0.25) is 0 Å². The molecule has 0 unspecified atom stereocenters. The number of fused-ring (bicyclic) bond motifs is 1. The lowest BCUT2D eigenvalue weighted by Crippen LogP contribution is -2.35. The summed E-state index contributed by atoms with van der Waals surface area (Å²) in [6.45, 7) is 0.573. The molecule has 0 spiro atoms. The number of carbonyl (C=O) groups excluding carboxylic acids is 2. The minimum Gasteiger partial charge on any atom is -0.451 e. The molecule has 0 saturated heterocycles. The maximum Gasteiger partial charge on any atom is 0.287 e. The van der Waals surface area contributed by atoms with Crippen LogP contribution in [-0.2, 0) is 4.79 Å². The van der Waals surface area contributed by atoms with Crippen LogP contribution in [0.15, 0.2) is 70.0 Å². The van der Waals surface area contributed by atoms with E-state index >= 15 is 0 Å². The quantitative estimate of drug-likeness (QED) is 0.226. The summed E-state index contributed by atoms with van der Waals surface area (Å²) in [5.41, 5.74) is 3.07. The summed E-state index contributed by atoms with van der Waals surface area (Å²) in [6, 6.07) is 17.9. The largest absolute Gasteiger partial charge is 0.451 e. The number of unbranched alkanes of at least 4 members (excludes halogenated alkanes) is 4. The molecule has 5 rings (SSSR count). The third-order valence-corrected chi connectivity index (χ3v) is 6.89. The Labute approximate surface area is 221 Å². The summed E-state index contributed by atoms with van der Waals surface area (Å²) in [5.74, 6) is 0.768. The molecule has 1 fully saturated rings. The number of carbonyl (C=O) groups is 2. The average Bonchev–Trinajstić information content (AvgIpc) is 3.31. The van der Waals surface area contributed by atoms with Crippen molar-refractivity contribution in [1.82, 2.24) is 15.6 Å². The fraction of sp³-hybridized carbons (Fsp3) is 0.333. The molecule has 8 heteroatoms. The van der Waals surface area contributed by atoms with E-state index in [0.29, 0.717) is 24.3 Å². The average molecular weight is 511 g/mol. The van der Waals surface area contributed by atoms with Crippen molar-refractivity contribution in [2.75, 3.05) is 6.54 Å². The Morgan fingerprint density at radius 2 is 1.68 bits per heavy atom. The van der Waals surface area contributed by atoms with E-state index in [1.807, 2.05) is 42.5 Å². The second-order valence-electron chi connectivity index (χ2n) is 9.82. The lowest BCUT2D eigenvalue weighted by molar-refractivity contribution is -0.121. The number of hydrogen-bond acceptors (Lipinski definition) is 6. The summed E-state index contributed by atoms with van der Waals surface area (Å²) < 4.78 is 11.2. The van der Waals surface area contributed by atoms with Crippen LogP contribution in [0, 0.1) is 11.3 Å². The van der Waals surface area contributed by atoms with Crippen LogP contribution in [0.3, 0.4) is 0 Å². The van der Waals surface area contributed by atoms with Gasteiger partial charge in [-0.3, -0.25) is 9.59 Å². The van der Waals surface area contributed by atoms with E-state index in [9.17, 15) is 9.59 Å². The van der Waals surface area contributed by atoms with E-state index in [-0.39, 0.29) is 11.8 Å². The zero-order valence-corrected chi connectivity index (χ0v) is 21.2. The Kier molecular flexibility index (Phi) is 7.55. The Morgan fingerprint density at radius 3 is 2.42 bits per heavy atom. The number of furan rings is 1. The smallest absolute Gasteiger partial charge is 0.287 e. The molecule has 2 N–H and O–H groups in total. The first kappa shape index (κ1) is 25.3. The molecule has 0 radical (unpaired) electrons. The molecule has 0 bridgehead atoms. The molecule has 4 aromatic rings. The molecule has 0 atom stereocenters. The van der Waals surface area contributed by atoms with Gasteiger partial charge in [-0.15, -0.1) is 0 Å². The van der Waals surface area contributed by atoms with Gasteiger partial charge in [0, 0.05) is 23.9 Å². The number of amides is 2. The molecule has 0 aliphatic heterocycles. The highest BCUT2D eigenvalue weighted by Gasteiger charge is 2.44. The monoisotopic (exact) mass is 510 g/mol. The van der Waals surface area contributed by atoms with Crippen molar-refractivity contribution in [3.05, 3.63) is 66.9 Å². The van der Waals surface area contributed by atoms with Gasteiger partial charge in [0.1, 0.15) is 11.1 Å². The second kappa shape index (κ2) is 11.3. The van der Waals surface area contributed by atoms with E-state index in [2.05, 4.69) is 21.7 Å². The van der Waals surface area contributed by atoms with Gasteiger partial charge in [-0.2, -0.15) is 5.26 Å². The van der Waals surface area contributed by atoms with Gasteiger partial charge in [0.25, 0.3) is 5.91 Å². The zero-order valence-electron chi connectivity index (χ0n) is 21.2. The third kappa shape index (κ3) is 6.12.